The molecule has 0 aliphatic rings. The van der Waals surface area contributed by atoms with E-state index in [-0.39, 0.29) is 26.9 Å². The number of carbonyl (C=O) groups excluding carboxylic acids is 3. The second-order valence-electron chi connectivity index (χ2n) is 6.60. The average molecular weight is 485 g/mol. The van der Waals surface area contributed by atoms with Crippen LogP contribution in [0.15, 0.2) is 65.3 Å². The van der Waals surface area contributed by atoms with E-state index in [4.69, 9.17) is 16.0 Å². The van der Waals surface area contributed by atoms with Crippen molar-refractivity contribution in [3.8, 4) is 0 Å². The molecule has 0 radical (unpaired) electrons. The molecule has 33 heavy (non-hydrogen) atoms. The highest BCUT2D eigenvalue weighted by atomic mass is 35.5. The summed E-state index contributed by atoms with van der Waals surface area (Å²) in [5.74, 6) is -1.55. The molecule has 2 aromatic carbocycles. The van der Waals surface area contributed by atoms with Crippen molar-refractivity contribution in [3.63, 3.8) is 0 Å². The predicted molar refractivity (Wildman–Crippen MR) is 122 cm³/mol. The summed E-state index contributed by atoms with van der Waals surface area (Å²) in [5.41, 5.74) is 5.11. The number of hydrogen-bond acceptors (Lipinski definition) is 7. The fourth-order valence-corrected chi connectivity index (χ4v) is 4.31. The highest BCUT2D eigenvalue weighted by Gasteiger charge is 2.20. The molecule has 10 nitrogen and oxygen atoms in total. The SMILES string of the molecule is O=C(NNC(=O)c1sc2cc([N+](=O)[O-])ccc2c1Cl)c1ccc(NC(=O)c2ccco2)cc1. The molecule has 12 heteroatoms. The minimum atomic E-state index is -0.667. The van der Waals surface area contributed by atoms with Gasteiger partial charge in [-0.3, -0.25) is 35.3 Å². The largest absolute Gasteiger partial charge is 0.459 e. The first-order chi connectivity index (χ1) is 15.8. The number of benzene rings is 2. The van der Waals surface area contributed by atoms with E-state index < -0.39 is 22.6 Å². The number of thiophene rings is 1. The normalized spacial score (nSPS) is 10.6. The van der Waals surface area contributed by atoms with Crippen molar-refractivity contribution in [1.29, 1.82) is 0 Å². The first-order valence-electron chi connectivity index (χ1n) is 9.25. The Labute approximate surface area is 194 Å². The number of fused-ring (bicyclic) bond motifs is 1. The Bertz CT molecular complexity index is 1380. The third-order valence-electron chi connectivity index (χ3n) is 4.47. The third-order valence-corrected chi connectivity index (χ3v) is 6.13. The molecular formula is C21H13ClN4O6S. The fourth-order valence-electron chi connectivity index (χ4n) is 2.86. The Morgan fingerprint density at radius 3 is 2.36 bits per heavy atom. The lowest BCUT2D eigenvalue weighted by Crippen LogP contribution is -2.41. The van der Waals surface area contributed by atoms with Crippen molar-refractivity contribution in [2.24, 2.45) is 0 Å². The molecule has 4 rings (SSSR count). The number of nitrogens with zero attached hydrogens (tertiary/aromatic N) is 1. The lowest BCUT2D eigenvalue weighted by Gasteiger charge is -2.08. The van der Waals surface area contributed by atoms with E-state index in [1.165, 1.54) is 54.8 Å². The molecule has 2 heterocycles. The number of nitro groups is 1. The van der Waals surface area contributed by atoms with Crippen LogP contribution in [0, 0.1) is 10.1 Å². The van der Waals surface area contributed by atoms with Gasteiger partial charge in [0.25, 0.3) is 23.4 Å². The maximum absolute atomic E-state index is 12.5. The lowest BCUT2D eigenvalue weighted by atomic mass is 10.2. The molecule has 0 spiro atoms. The molecule has 0 saturated heterocycles. The van der Waals surface area contributed by atoms with Crippen molar-refractivity contribution in [3.05, 3.63) is 92.2 Å². The van der Waals surface area contributed by atoms with Crippen molar-refractivity contribution < 1.29 is 23.7 Å². The molecule has 0 bridgehead atoms. The Morgan fingerprint density at radius 2 is 1.70 bits per heavy atom. The number of non-ortho nitro benzene ring substituents is 1. The van der Waals surface area contributed by atoms with E-state index in [9.17, 15) is 24.5 Å². The van der Waals surface area contributed by atoms with Crippen molar-refractivity contribution in [2.75, 3.05) is 5.32 Å². The molecule has 4 aromatic rings. The zero-order valence-electron chi connectivity index (χ0n) is 16.5. The van der Waals surface area contributed by atoms with Gasteiger partial charge in [-0.2, -0.15) is 0 Å². The van der Waals surface area contributed by atoms with E-state index in [1.54, 1.807) is 6.07 Å². The maximum atomic E-state index is 12.5. The Morgan fingerprint density at radius 1 is 0.970 bits per heavy atom. The van der Waals surface area contributed by atoms with Crippen molar-refractivity contribution in [2.45, 2.75) is 0 Å². The van der Waals surface area contributed by atoms with Gasteiger partial charge in [-0.25, -0.2) is 0 Å². The van der Waals surface area contributed by atoms with Crippen LogP contribution in [0.4, 0.5) is 11.4 Å². The summed E-state index contributed by atoms with van der Waals surface area (Å²) >= 11 is 7.21. The third kappa shape index (κ3) is 4.68. The highest BCUT2D eigenvalue weighted by Crippen LogP contribution is 2.37. The highest BCUT2D eigenvalue weighted by molar-refractivity contribution is 7.21. The smallest absolute Gasteiger partial charge is 0.291 e. The molecule has 166 valence electrons. The number of rotatable bonds is 5. The molecule has 0 unspecified atom stereocenters. The van der Waals surface area contributed by atoms with Gasteiger partial charge >= 0.3 is 0 Å². The van der Waals surface area contributed by atoms with Crippen LogP contribution in [0.1, 0.15) is 30.6 Å². The van der Waals surface area contributed by atoms with E-state index in [2.05, 4.69) is 16.2 Å². The average Bonchev–Trinajstić information content (AvgIpc) is 3.46. The second-order valence-corrected chi connectivity index (χ2v) is 8.03. The first kappa shape index (κ1) is 22.0. The van der Waals surface area contributed by atoms with Crippen LogP contribution < -0.4 is 16.2 Å². The van der Waals surface area contributed by atoms with E-state index >= 15 is 0 Å². The quantitative estimate of drug-likeness (QED) is 0.283. The molecule has 0 aliphatic carbocycles. The first-order valence-corrected chi connectivity index (χ1v) is 10.4. The summed E-state index contributed by atoms with van der Waals surface area (Å²) in [6.07, 6.45) is 1.38. The van der Waals surface area contributed by atoms with E-state index in [0.717, 1.165) is 11.3 Å². The van der Waals surface area contributed by atoms with Crippen molar-refractivity contribution in [1.82, 2.24) is 10.9 Å². The van der Waals surface area contributed by atoms with Gasteiger partial charge < -0.3 is 9.73 Å². The summed E-state index contributed by atoms with van der Waals surface area (Å²) in [6.45, 7) is 0. The van der Waals surface area contributed by atoms with Crippen LogP contribution in [-0.4, -0.2) is 22.6 Å². The van der Waals surface area contributed by atoms with Crippen molar-refractivity contribution >= 4 is 62.1 Å². The Balaban J connectivity index is 1.39. The Kier molecular flexibility index (Phi) is 6.07. The number of anilines is 1. The lowest BCUT2D eigenvalue weighted by molar-refractivity contribution is -0.384. The van der Waals surface area contributed by atoms with E-state index in [0.29, 0.717) is 15.8 Å². The minimum Gasteiger partial charge on any atom is -0.459 e. The van der Waals surface area contributed by atoms with Gasteiger partial charge in [-0.05, 0) is 42.5 Å². The van der Waals surface area contributed by atoms with Crippen LogP contribution in [0.25, 0.3) is 10.1 Å². The van der Waals surface area contributed by atoms with Crippen LogP contribution in [0.3, 0.4) is 0 Å². The zero-order chi connectivity index (χ0) is 23.5. The number of carbonyl (C=O) groups is 3. The number of hydrazine groups is 1. The maximum Gasteiger partial charge on any atom is 0.291 e. The number of nitrogens with one attached hydrogen (secondary N) is 3. The van der Waals surface area contributed by atoms with Gasteiger partial charge in [-0.1, -0.05) is 11.6 Å². The van der Waals surface area contributed by atoms with Gasteiger partial charge in [-0.15, -0.1) is 11.3 Å². The van der Waals surface area contributed by atoms with Gasteiger partial charge in [0.05, 0.1) is 16.2 Å². The monoisotopic (exact) mass is 484 g/mol. The number of halogens is 1. The molecule has 0 atom stereocenters. The standard InChI is InChI=1S/C21H13ClN4O6S/c22-17-14-8-7-13(26(30)31)10-16(14)33-18(17)21(29)25-24-19(27)11-3-5-12(6-4-11)23-20(28)15-2-1-9-32-15/h1-10H,(H,23,28)(H,24,27)(H,25,29). The number of furan rings is 1. The molecule has 3 N–H and O–H groups in total. The molecule has 0 saturated carbocycles. The number of amides is 3. The van der Waals surface area contributed by atoms with Gasteiger partial charge in [0.2, 0.25) is 0 Å². The van der Waals surface area contributed by atoms with Crippen LogP contribution in [0.5, 0.6) is 0 Å². The molecule has 0 aliphatic heterocycles. The summed E-state index contributed by atoms with van der Waals surface area (Å²) in [7, 11) is 0. The number of hydrogen-bond donors (Lipinski definition) is 3. The summed E-state index contributed by atoms with van der Waals surface area (Å²) < 4.78 is 5.48. The second kappa shape index (κ2) is 9.10. The van der Waals surface area contributed by atoms with E-state index in [1.807, 2.05) is 0 Å². The molecule has 2 aromatic heterocycles. The topological polar surface area (TPSA) is 144 Å². The van der Waals surface area contributed by atoms with Crippen LogP contribution >= 0.6 is 22.9 Å². The van der Waals surface area contributed by atoms with Gasteiger partial charge in [0.1, 0.15) is 4.88 Å². The Hall–Kier alpha value is -4.22. The molecule has 0 fully saturated rings. The summed E-state index contributed by atoms with van der Waals surface area (Å²) in [6, 6.07) is 13.2. The summed E-state index contributed by atoms with van der Waals surface area (Å²) in [5, 5.41) is 14.2. The zero-order valence-corrected chi connectivity index (χ0v) is 18.0. The predicted octanol–water partition coefficient (Wildman–Crippen LogP) is 4.38. The van der Waals surface area contributed by atoms with Crippen LogP contribution in [-0.2, 0) is 0 Å². The van der Waals surface area contributed by atoms with Gasteiger partial charge in [0.15, 0.2) is 5.76 Å². The summed E-state index contributed by atoms with van der Waals surface area (Å²) in [4.78, 5) is 47.3. The fraction of sp³-hybridized carbons (Fsp3) is 0. The van der Waals surface area contributed by atoms with Gasteiger partial charge in [0, 0.05) is 33.5 Å². The number of nitro benzene ring substituents is 1. The molecule has 3 amide bonds. The van der Waals surface area contributed by atoms with Crippen LogP contribution in [0.2, 0.25) is 5.02 Å². The minimum absolute atomic E-state index is 0.100. The molecular weight excluding hydrogens is 472 g/mol.